The van der Waals surface area contributed by atoms with Crippen molar-refractivity contribution in [3.05, 3.63) is 18.2 Å². The number of nitrogens with one attached hydrogen (secondary N) is 1. The highest BCUT2D eigenvalue weighted by molar-refractivity contribution is 7.22. The number of aliphatic carboxylic acids is 1. The van der Waals surface area contributed by atoms with Gasteiger partial charge in [-0.25, -0.2) is 9.78 Å². The molecule has 0 aliphatic heterocycles. The lowest BCUT2D eigenvalue weighted by Gasteiger charge is -2.13. The van der Waals surface area contributed by atoms with Crippen molar-refractivity contribution in [2.45, 2.75) is 6.92 Å². The maximum atomic E-state index is 11.8. The van der Waals surface area contributed by atoms with E-state index in [9.17, 15) is 9.59 Å². The molecule has 0 fully saturated rings. The lowest BCUT2D eigenvalue weighted by Crippen LogP contribution is -2.35. The van der Waals surface area contributed by atoms with E-state index < -0.39 is 12.0 Å². The number of benzene rings is 1. The van der Waals surface area contributed by atoms with Crippen molar-refractivity contribution < 1.29 is 19.4 Å². The van der Waals surface area contributed by atoms with Gasteiger partial charge in [-0.15, -0.1) is 0 Å². The minimum atomic E-state index is -1.07. The van der Waals surface area contributed by atoms with E-state index in [1.54, 1.807) is 0 Å². The van der Waals surface area contributed by atoms with E-state index in [0.29, 0.717) is 11.7 Å². The first-order chi connectivity index (χ1) is 9.99. The summed E-state index contributed by atoms with van der Waals surface area (Å²) in [6, 6.07) is 4.97. The first-order valence-corrected chi connectivity index (χ1v) is 7.08. The number of hydrogen-bond acceptors (Lipinski definition) is 5. The molecule has 0 saturated heterocycles. The number of carbonyl (C=O) groups is 2. The highest BCUT2D eigenvalue weighted by Crippen LogP contribution is 2.29. The average Bonchev–Trinajstić information content (AvgIpc) is 2.79. The summed E-state index contributed by atoms with van der Waals surface area (Å²) < 4.78 is 6.29. The normalized spacial score (nSPS) is 10.4. The molecular weight excluding hydrogens is 294 g/mol. The Labute approximate surface area is 125 Å². The first-order valence-electron chi connectivity index (χ1n) is 6.27. The molecule has 2 rings (SSSR count). The average molecular weight is 309 g/mol. The molecule has 1 aromatic carbocycles. The number of urea groups is 1. The number of rotatable bonds is 5. The molecule has 8 heteroatoms. The molecule has 2 N–H and O–H groups in total. The second kappa shape index (κ2) is 6.40. The fourth-order valence-corrected chi connectivity index (χ4v) is 2.56. The maximum absolute atomic E-state index is 11.8. The maximum Gasteiger partial charge on any atom is 0.323 e. The predicted octanol–water partition coefficient (Wildman–Crippen LogP) is 2.24. The van der Waals surface area contributed by atoms with E-state index in [4.69, 9.17) is 9.84 Å². The number of ether oxygens (including phenoxy) is 1. The van der Waals surface area contributed by atoms with E-state index in [1.165, 1.54) is 18.4 Å². The van der Waals surface area contributed by atoms with Gasteiger partial charge in [0.2, 0.25) is 0 Å². The Morgan fingerprint density at radius 2 is 2.24 bits per heavy atom. The topological polar surface area (TPSA) is 91.8 Å². The molecule has 7 nitrogen and oxygen atoms in total. The lowest BCUT2D eigenvalue weighted by atomic mass is 10.3. The predicted molar refractivity (Wildman–Crippen MR) is 80.1 cm³/mol. The smallest absolute Gasteiger partial charge is 0.323 e. The summed E-state index contributed by atoms with van der Waals surface area (Å²) >= 11 is 1.30. The van der Waals surface area contributed by atoms with E-state index in [1.807, 2.05) is 25.1 Å². The summed E-state index contributed by atoms with van der Waals surface area (Å²) in [6.45, 7) is 2.11. The van der Waals surface area contributed by atoms with Gasteiger partial charge in [0.15, 0.2) is 5.13 Å². The summed E-state index contributed by atoms with van der Waals surface area (Å²) in [5.74, 6) is -0.326. The standard InChI is InChI=1S/C13H15N3O4S/c1-3-20-8-4-5-9-10(6-8)21-12(14-9)15-13(19)16(2)7-11(17)18/h4-6H,3,7H2,1-2H3,(H,17,18)(H,14,15,19). The molecular formula is C13H15N3O4S. The SMILES string of the molecule is CCOc1ccc2nc(NC(=O)N(C)CC(=O)O)sc2c1. The van der Waals surface area contributed by atoms with Crippen LogP contribution in [0.5, 0.6) is 5.75 Å². The van der Waals surface area contributed by atoms with Gasteiger partial charge in [-0.2, -0.15) is 0 Å². The molecule has 1 aromatic heterocycles. The van der Waals surface area contributed by atoms with Gasteiger partial charge < -0.3 is 14.7 Å². The van der Waals surface area contributed by atoms with Crippen LogP contribution in [-0.4, -0.2) is 47.2 Å². The molecule has 1 heterocycles. The first kappa shape index (κ1) is 15.0. The molecule has 21 heavy (non-hydrogen) atoms. The van der Waals surface area contributed by atoms with Gasteiger partial charge in [0.1, 0.15) is 12.3 Å². The van der Waals surface area contributed by atoms with Gasteiger partial charge in [-0.05, 0) is 25.1 Å². The van der Waals surface area contributed by atoms with Crippen molar-refractivity contribution in [1.82, 2.24) is 9.88 Å². The largest absolute Gasteiger partial charge is 0.494 e. The summed E-state index contributed by atoms with van der Waals surface area (Å²) in [5, 5.41) is 11.6. The summed E-state index contributed by atoms with van der Waals surface area (Å²) in [5.41, 5.74) is 0.750. The quantitative estimate of drug-likeness (QED) is 0.883. The second-order valence-electron chi connectivity index (χ2n) is 4.26. The van der Waals surface area contributed by atoms with Crippen molar-refractivity contribution in [1.29, 1.82) is 0 Å². The molecule has 0 radical (unpaired) electrons. The third-order valence-corrected chi connectivity index (χ3v) is 3.54. The molecule has 0 aliphatic rings. The Hall–Kier alpha value is -2.35. The van der Waals surface area contributed by atoms with E-state index >= 15 is 0 Å². The van der Waals surface area contributed by atoms with Gasteiger partial charge in [-0.3, -0.25) is 10.1 Å². The van der Waals surface area contributed by atoms with Crippen LogP contribution >= 0.6 is 11.3 Å². The van der Waals surface area contributed by atoms with E-state index in [-0.39, 0.29) is 6.54 Å². The van der Waals surface area contributed by atoms with Crippen molar-refractivity contribution in [2.75, 3.05) is 25.5 Å². The van der Waals surface area contributed by atoms with Gasteiger partial charge in [0, 0.05) is 7.05 Å². The number of likely N-dealkylation sites (N-methyl/N-ethyl adjacent to an activating group) is 1. The van der Waals surface area contributed by atoms with Gasteiger partial charge in [0.05, 0.1) is 16.8 Å². The Morgan fingerprint density at radius 1 is 1.48 bits per heavy atom. The number of amides is 2. The molecule has 0 bridgehead atoms. The van der Waals surface area contributed by atoms with Crippen molar-refractivity contribution >= 4 is 38.7 Å². The van der Waals surface area contributed by atoms with Crippen LogP contribution < -0.4 is 10.1 Å². The van der Waals surface area contributed by atoms with Gasteiger partial charge >= 0.3 is 12.0 Å². The second-order valence-corrected chi connectivity index (χ2v) is 5.29. The molecule has 0 spiro atoms. The van der Waals surface area contributed by atoms with Crippen molar-refractivity contribution in [3.8, 4) is 5.75 Å². The summed E-state index contributed by atoms with van der Waals surface area (Å²) in [4.78, 5) is 27.7. The van der Waals surface area contributed by atoms with E-state index in [2.05, 4.69) is 10.3 Å². The molecule has 2 amide bonds. The number of thiazole rings is 1. The zero-order valence-electron chi connectivity index (χ0n) is 11.6. The number of carboxylic acid groups (broad SMARTS) is 1. The fourth-order valence-electron chi connectivity index (χ4n) is 1.68. The Balaban J connectivity index is 2.12. The fraction of sp³-hybridized carbons (Fsp3) is 0.308. The minimum Gasteiger partial charge on any atom is -0.494 e. The van der Waals surface area contributed by atoms with Crippen LogP contribution in [0.3, 0.4) is 0 Å². The zero-order valence-corrected chi connectivity index (χ0v) is 12.4. The van der Waals surface area contributed by atoms with Gasteiger partial charge in [-0.1, -0.05) is 11.3 Å². The number of nitrogens with zero attached hydrogens (tertiary/aromatic N) is 2. The molecule has 112 valence electrons. The highest BCUT2D eigenvalue weighted by atomic mass is 32.1. The molecule has 2 aromatic rings. The molecule has 0 atom stereocenters. The minimum absolute atomic E-state index is 0.370. The Bertz CT molecular complexity index is 670. The van der Waals surface area contributed by atoms with E-state index in [0.717, 1.165) is 20.9 Å². The number of fused-ring (bicyclic) bond motifs is 1. The Morgan fingerprint density at radius 3 is 2.90 bits per heavy atom. The Kier molecular flexibility index (Phi) is 4.59. The monoisotopic (exact) mass is 309 g/mol. The van der Waals surface area contributed by atoms with Crippen LogP contribution in [-0.2, 0) is 4.79 Å². The third-order valence-electron chi connectivity index (χ3n) is 2.60. The van der Waals surface area contributed by atoms with Crippen LogP contribution in [0.4, 0.5) is 9.93 Å². The van der Waals surface area contributed by atoms with Crippen LogP contribution in [0.15, 0.2) is 18.2 Å². The number of anilines is 1. The molecule has 0 aliphatic carbocycles. The molecule has 0 saturated carbocycles. The highest BCUT2D eigenvalue weighted by Gasteiger charge is 2.14. The number of hydrogen-bond donors (Lipinski definition) is 2. The number of carboxylic acids is 1. The number of aromatic nitrogens is 1. The van der Waals surface area contributed by atoms with Crippen LogP contribution in [0.25, 0.3) is 10.2 Å². The van der Waals surface area contributed by atoms with Crippen molar-refractivity contribution in [2.24, 2.45) is 0 Å². The summed E-state index contributed by atoms with van der Waals surface area (Å²) in [7, 11) is 1.41. The third kappa shape index (κ3) is 3.82. The van der Waals surface area contributed by atoms with Crippen LogP contribution in [0.2, 0.25) is 0 Å². The molecule has 0 unspecified atom stereocenters. The zero-order chi connectivity index (χ0) is 15.4. The lowest BCUT2D eigenvalue weighted by molar-refractivity contribution is -0.137. The number of carbonyl (C=O) groups excluding carboxylic acids is 1. The van der Waals surface area contributed by atoms with Crippen LogP contribution in [0, 0.1) is 0 Å². The van der Waals surface area contributed by atoms with Crippen LogP contribution in [0.1, 0.15) is 6.92 Å². The van der Waals surface area contributed by atoms with Crippen molar-refractivity contribution in [3.63, 3.8) is 0 Å². The van der Waals surface area contributed by atoms with Gasteiger partial charge in [0.25, 0.3) is 0 Å². The summed E-state index contributed by atoms with van der Waals surface area (Å²) in [6.07, 6.45) is 0.